The third-order valence-corrected chi connectivity index (χ3v) is 27.5. The van der Waals surface area contributed by atoms with E-state index in [1.165, 1.54) is 81.7 Å². The summed E-state index contributed by atoms with van der Waals surface area (Å²) in [5.41, 5.74) is 23.4. The van der Waals surface area contributed by atoms with Gasteiger partial charge >= 0.3 is 0 Å². The van der Waals surface area contributed by atoms with Crippen LogP contribution in [0.4, 0.5) is 45.5 Å². The second-order valence-electron chi connectivity index (χ2n) is 33.7. The van der Waals surface area contributed by atoms with Crippen LogP contribution in [0.5, 0.6) is 0 Å². The molecule has 0 saturated heterocycles. The summed E-state index contributed by atoms with van der Waals surface area (Å²) < 4.78 is 23.6. The first-order valence-electron chi connectivity index (χ1n) is 41.4. The maximum absolute atomic E-state index is 8.25. The Kier molecular flexibility index (Phi) is 15.3. The zero-order chi connectivity index (χ0) is 79.0. The molecule has 0 bridgehead atoms. The summed E-state index contributed by atoms with van der Waals surface area (Å²) in [6.45, 7) is 13.8. The largest absolute Gasteiger partial charge is 0.454 e. The van der Waals surface area contributed by atoms with E-state index in [4.69, 9.17) is 18.2 Å². The van der Waals surface area contributed by atoms with Gasteiger partial charge in [-0.05, 0) is 177 Å². The Morgan fingerprint density at radius 1 is 0.454 bits per heavy atom. The van der Waals surface area contributed by atoms with Crippen molar-refractivity contribution in [3.8, 4) is 22.3 Å². The minimum atomic E-state index is -2.72. The van der Waals surface area contributed by atoms with Crippen LogP contribution >= 0.6 is 0 Å². The van der Waals surface area contributed by atoms with E-state index in [1.54, 1.807) is 6.34 Å². The molecule has 0 fully saturated rings. The van der Waals surface area contributed by atoms with Crippen LogP contribution in [0.2, 0.25) is 19.6 Å². The van der Waals surface area contributed by atoms with Gasteiger partial charge in [-0.3, -0.25) is 4.99 Å². The normalized spacial score (nSPS) is 15.2. The molecular weight excluding hydrogens is 1470 g/mol. The van der Waals surface area contributed by atoms with Crippen molar-refractivity contribution in [1.82, 2.24) is 0 Å². The maximum atomic E-state index is 8.25. The second kappa shape index (κ2) is 26.5. The van der Waals surface area contributed by atoms with Gasteiger partial charge in [0.25, 0.3) is 0 Å². The van der Waals surface area contributed by atoms with Crippen molar-refractivity contribution in [1.29, 1.82) is 0 Å². The first-order chi connectivity index (χ1) is 58.5. The van der Waals surface area contributed by atoms with Gasteiger partial charge in [-0.15, -0.1) is 0 Å². The van der Waals surface area contributed by atoms with Crippen molar-refractivity contribution in [2.24, 2.45) is 9.98 Å². The Morgan fingerprint density at radius 3 is 1.96 bits per heavy atom. The fourth-order valence-electron chi connectivity index (χ4n) is 20.1. The smallest absolute Gasteiger partial charge is 0.159 e. The fourth-order valence-corrected chi connectivity index (χ4v) is 22.1. The lowest BCUT2D eigenvalue weighted by molar-refractivity contribution is 0.666. The third-order valence-electron chi connectivity index (χ3n) is 25.5. The number of aliphatic imine (C=N–C) groups is 2. The lowest BCUT2D eigenvalue weighted by Crippen LogP contribution is -2.45. The number of rotatable bonds is 11. The van der Waals surface area contributed by atoms with E-state index in [1.807, 2.05) is 6.34 Å². The lowest BCUT2D eigenvalue weighted by atomic mass is 9.88. The first-order valence-corrected chi connectivity index (χ1v) is 44.9. The van der Waals surface area contributed by atoms with Gasteiger partial charge < -0.3 is 37.8 Å². The Labute approximate surface area is 688 Å². The first kappa shape index (κ1) is 68.8. The van der Waals surface area contributed by atoms with E-state index in [0.29, 0.717) is 25.7 Å². The number of hydrogen-bond donors (Lipinski definition) is 0. The molecule has 0 N–H and O–H groups in total. The van der Waals surface area contributed by atoms with Crippen molar-refractivity contribution < 1.29 is 13.3 Å². The van der Waals surface area contributed by atoms with Crippen molar-refractivity contribution >= 4 is 208 Å². The molecule has 1 unspecified atom stereocenters. The van der Waals surface area contributed by atoms with Crippen LogP contribution in [0.25, 0.3) is 159 Å². The number of fused-ring (bicyclic) bond motifs is 22. The molecule has 7 heterocycles. The van der Waals surface area contributed by atoms with Gasteiger partial charge in [0.1, 0.15) is 29.8 Å². The van der Waals surface area contributed by atoms with Gasteiger partial charge in [0, 0.05) is 91.6 Å². The average Bonchev–Trinajstić information content (AvgIpc) is 1.46. The number of allylic oxidation sites excluding steroid dienone is 4. The summed E-state index contributed by atoms with van der Waals surface area (Å²) in [6.07, 6.45) is 22.1. The molecule has 1 aliphatic carbocycles. The van der Waals surface area contributed by atoms with E-state index in [2.05, 4.69) is 391 Å². The molecule has 0 saturated carbocycles. The van der Waals surface area contributed by atoms with Crippen molar-refractivity contribution in [3.63, 3.8) is 0 Å². The van der Waals surface area contributed by atoms with E-state index in [-0.39, 0.29) is 6.04 Å². The summed E-state index contributed by atoms with van der Waals surface area (Å²) in [4.78, 5) is 21.7. The predicted octanol–water partition coefficient (Wildman–Crippen LogP) is 26.4. The highest BCUT2D eigenvalue weighted by Crippen LogP contribution is 2.57. The summed E-state index contributed by atoms with van der Waals surface area (Å²) in [6, 6.07) is 103. The van der Waals surface area contributed by atoms with Gasteiger partial charge in [-0.25, -0.2) is 4.99 Å². The van der Waals surface area contributed by atoms with Crippen LogP contribution in [0.1, 0.15) is 36.5 Å². The number of anilines is 8. The number of benzene rings is 16. The number of nitrogens with zero attached hydrogens (tertiary/aromatic N) is 7. The molecule has 568 valence electrons. The molecule has 11 heteroatoms. The highest BCUT2D eigenvalue weighted by molar-refractivity contribution is 6.92. The van der Waals surface area contributed by atoms with Crippen molar-refractivity contribution in [3.05, 3.63) is 349 Å². The van der Waals surface area contributed by atoms with Crippen LogP contribution in [0.3, 0.4) is 0 Å². The average molecular weight is 1550 g/mol. The molecule has 5 aliphatic rings. The predicted molar refractivity (Wildman–Crippen MR) is 504 cm³/mol. The molecule has 16 aromatic carbocycles. The van der Waals surface area contributed by atoms with Crippen molar-refractivity contribution in [2.45, 2.75) is 52.0 Å². The molecule has 1 atom stereocenters. The fraction of sp³-hybridized carbons (Fsp3) is 0.0926. The van der Waals surface area contributed by atoms with Gasteiger partial charge in [-0.2, -0.15) is 0 Å². The molecule has 3 aromatic heterocycles. The van der Waals surface area contributed by atoms with Gasteiger partial charge in [0.05, 0.1) is 60.0 Å². The van der Waals surface area contributed by atoms with Gasteiger partial charge in [-0.1, -0.05) is 270 Å². The van der Waals surface area contributed by atoms with E-state index in [0.717, 1.165) is 149 Å². The molecule has 0 radical (unpaired) electrons. The minimum Gasteiger partial charge on any atom is -0.454 e. The highest BCUT2D eigenvalue weighted by atomic mass is 28.3. The van der Waals surface area contributed by atoms with Crippen molar-refractivity contribution in [2.75, 3.05) is 37.7 Å². The lowest BCUT2D eigenvalue weighted by Gasteiger charge is -2.38. The number of furan rings is 3. The summed E-state index contributed by atoms with van der Waals surface area (Å²) in [7, 11) is -2.72. The van der Waals surface area contributed by atoms with Crippen LogP contribution < -0.4 is 40.1 Å². The van der Waals surface area contributed by atoms with E-state index < -0.39 is 8.07 Å². The maximum Gasteiger partial charge on any atom is 0.159 e. The monoisotopic (exact) mass is 1550 g/mol. The second-order valence-corrected chi connectivity index (χ2v) is 38.7. The molecular formula is C108H79N7O3Si. The highest BCUT2D eigenvalue weighted by Gasteiger charge is 2.39. The Bertz CT molecular complexity index is 8000. The molecule has 4 aliphatic heterocycles. The molecule has 0 amide bonds. The topological polar surface area (TPSA) is 80.3 Å². The minimum absolute atomic E-state index is 0.163. The molecule has 0 spiro atoms. The third kappa shape index (κ3) is 10.7. The van der Waals surface area contributed by atoms with E-state index >= 15 is 0 Å². The van der Waals surface area contributed by atoms with Gasteiger partial charge in [0.2, 0.25) is 0 Å². The molecule has 24 rings (SSSR count). The van der Waals surface area contributed by atoms with Gasteiger partial charge in [0.15, 0.2) is 16.7 Å². The molecule has 10 nitrogen and oxygen atoms in total. The number of para-hydroxylation sites is 5. The zero-order valence-corrected chi connectivity index (χ0v) is 67.5. The Morgan fingerprint density at radius 2 is 1.14 bits per heavy atom. The summed E-state index contributed by atoms with van der Waals surface area (Å²) in [5.74, 6) is 0.317. The Hall–Kier alpha value is -14.5. The van der Waals surface area contributed by atoms with Crippen LogP contribution in [-0.4, -0.2) is 40.0 Å². The quantitative estimate of drug-likeness (QED) is 0.0936. The van der Waals surface area contributed by atoms with Crippen LogP contribution in [0, 0.1) is 0 Å². The number of hydrogen-bond acceptors (Lipinski definition) is 10. The zero-order valence-electron chi connectivity index (χ0n) is 66.5. The van der Waals surface area contributed by atoms with Crippen LogP contribution in [0.15, 0.2) is 345 Å². The summed E-state index contributed by atoms with van der Waals surface area (Å²) >= 11 is 0. The molecule has 19 aromatic rings. The van der Waals surface area contributed by atoms with Crippen LogP contribution in [-0.2, 0) is 6.54 Å². The van der Waals surface area contributed by atoms with E-state index in [9.17, 15) is 0 Å². The summed E-state index contributed by atoms with van der Waals surface area (Å²) in [5, 5.41) is 21.1. The molecule has 119 heavy (non-hydrogen) atoms. The Balaban J connectivity index is 0.868. The SMILES string of the molecule is CC(C)c1ccc2c(c1)=CN(c1cc3c([Si](C)(C)C)c(N4C=CC=C(c5ccc6ccccc6c5)C4)c4c(N5Cc6ccccc6-c6ccccc65)cc5oc6c(N(c7ccc8c(-c9ccc%10ccccc%10c9)cccc8c7)c7cccc8c7oc7ccccc78)cccc6c5c4c3c3oc4c(N5C=NC=NC5)cccc4c13)C1C=CC=CC=21. The standard InChI is InChI=1S/C108H79N7O3Si/c1-65(2)68-48-50-81-76(53-68)61-114(90-39-16-13-32-83(81)90)94-57-88-100(107-98(94)86-36-20-40-91(105(86)118-107)112-63-109-62-110-64-112)102-99-87-37-21-42-93(115(92-41-19-35-85-84-33-14-17-43-96(84)116-104(85)92)77-49-51-80-72(56-77)28-18-34-78(80)73-47-45-67-24-7-9-26-70(67)55-73)106(87)117-97(99)58-95(113-60-75-27-10-11-30-79(75)82-31-12-15-38-89(82)113)101(102)103(108(88)119(3,4)5)111-52-22-29-74(59-111)71-46-44-66-23-6-8-25-69(66)54-71/h6-58,61-63,65,90H,59-60,64H2,1-5H3.